The van der Waals surface area contributed by atoms with Crippen molar-refractivity contribution in [1.82, 2.24) is 25.1 Å². The van der Waals surface area contributed by atoms with Crippen LogP contribution >= 0.6 is 0 Å². The normalized spacial score (nSPS) is 20.3. The Bertz CT molecular complexity index is 1050. The molecule has 3 rings (SSSR count). The zero-order valence-electron chi connectivity index (χ0n) is 19.1. The highest BCUT2D eigenvalue weighted by Gasteiger charge is 2.33. The summed E-state index contributed by atoms with van der Waals surface area (Å²) in [4.78, 5) is 44.6. The fraction of sp³-hybridized carbons (Fsp3) is 0.591. The predicted molar refractivity (Wildman–Crippen MR) is 118 cm³/mol. The van der Waals surface area contributed by atoms with E-state index in [-0.39, 0.29) is 28.8 Å². The molecule has 9 nitrogen and oxygen atoms in total. The Kier molecular flexibility index (Phi) is 6.33. The van der Waals surface area contributed by atoms with Crippen molar-refractivity contribution >= 4 is 17.6 Å². The third-order valence-corrected chi connectivity index (χ3v) is 5.77. The Morgan fingerprint density at radius 2 is 1.97 bits per heavy atom. The van der Waals surface area contributed by atoms with Crippen LogP contribution < -0.4 is 16.2 Å². The quantitative estimate of drug-likeness (QED) is 0.646. The van der Waals surface area contributed by atoms with Crippen molar-refractivity contribution in [1.29, 1.82) is 0 Å². The van der Waals surface area contributed by atoms with E-state index in [9.17, 15) is 14.4 Å². The summed E-state index contributed by atoms with van der Waals surface area (Å²) >= 11 is 0. The van der Waals surface area contributed by atoms with Gasteiger partial charge in [0, 0.05) is 23.4 Å². The summed E-state index contributed by atoms with van der Waals surface area (Å²) in [5.74, 6) is -0.521. The number of H-pyrrole nitrogens is 1. The zero-order valence-corrected chi connectivity index (χ0v) is 19.1. The maximum absolute atomic E-state index is 12.6. The van der Waals surface area contributed by atoms with Gasteiger partial charge in [-0.05, 0) is 50.9 Å². The predicted octanol–water partition coefficient (Wildman–Crippen LogP) is 2.40. The van der Waals surface area contributed by atoms with E-state index in [1.54, 1.807) is 19.9 Å². The highest BCUT2D eigenvalue weighted by atomic mass is 16.2. The topological polar surface area (TPSA) is 122 Å². The van der Waals surface area contributed by atoms with Gasteiger partial charge in [0.25, 0.3) is 5.56 Å². The first kappa shape index (κ1) is 22.7. The van der Waals surface area contributed by atoms with Gasteiger partial charge in [0.05, 0.1) is 5.69 Å². The molecule has 1 fully saturated rings. The Labute approximate surface area is 182 Å². The number of nitrogens with one attached hydrogen (secondary N) is 3. The molecule has 2 unspecified atom stereocenters. The number of aromatic amines is 1. The van der Waals surface area contributed by atoms with Gasteiger partial charge in [0.1, 0.15) is 5.82 Å². The number of anilines is 1. The van der Waals surface area contributed by atoms with Gasteiger partial charge in [-0.3, -0.25) is 19.4 Å². The van der Waals surface area contributed by atoms with E-state index in [1.807, 2.05) is 6.92 Å². The Hall–Kier alpha value is -2.97. The minimum absolute atomic E-state index is 0.0362. The van der Waals surface area contributed by atoms with Crippen molar-refractivity contribution in [3.63, 3.8) is 0 Å². The largest absolute Gasteiger partial charge is 0.345 e. The third-order valence-electron chi connectivity index (χ3n) is 5.77. The summed E-state index contributed by atoms with van der Waals surface area (Å²) in [7, 11) is 0. The summed E-state index contributed by atoms with van der Waals surface area (Å²) < 4.78 is 1.33. The molecular weight excluding hydrogens is 396 g/mol. The Morgan fingerprint density at radius 3 is 2.58 bits per heavy atom. The number of amides is 2. The lowest BCUT2D eigenvalue weighted by Crippen LogP contribution is -2.46. The molecule has 2 aromatic rings. The number of carbonyl (C=O) groups excluding carboxylic acids is 2. The van der Waals surface area contributed by atoms with Crippen molar-refractivity contribution in [3.8, 4) is 5.95 Å². The van der Waals surface area contributed by atoms with Gasteiger partial charge in [0.2, 0.25) is 5.95 Å². The SMILES string of the molecule is CCc1c(C)nc(-n2nc(C)cc2NC(=O)C(=O)NC2CC(C)CC(C)(C)C2)[nH]c1=O. The fourth-order valence-corrected chi connectivity index (χ4v) is 4.74. The first-order valence-corrected chi connectivity index (χ1v) is 10.8. The van der Waals surface area contributed by atoms with Gasteiger partial charge < -0.3 is 10.6 Å². The molecule has 2 amide bonds. The average Bonchev–Trinajstić information content (AvgIpc) is 2.99. The van der Waals surface area contributed by atoms with Crippen LogP contribution in [0.5, 0.6) is 0 Å². The molecule has 1 aliphatic carbocycles. The number of hydrogen-bond donors (Lipinski definition) is 3. The molecule has 1 saturated carbocycles. The van der Waals surface area contributed by atoms with Crippen LogP contribution in [0.1, 0.15) is 63.9 Å². The summed E-state index contributed by atoms with van der Waals surface area (Å²) in [5, 5.41) is 9.79. The van der Waals surface area contributed by atoms with Crippen LogP contribution in [0.2, 0.25) is 0 Å². The maximum atomic E-state index is 12.6. The smallest absolute Gasteiger partial charge is 0.314 e. The summed E-state index contributed by atoms with van der Waals surface area (Å²) in [6.07, 6.45) is 3.35. The van der Waals surface area contributed by atoms with Crippen molar-refractivity contribution in [3.05, 3.63) is 33.4 Å². The average molecular weight is 429 g/mol. The lowest BCUT2D eigenvalue weighted by atomic mass is 9.70. The first-order chi connectivity index (χ1) is 14.5. The van der Waals surface area contributed by atoms with E-state index in [2.05, 4.69) is 46.5 Å². The van der Waals surface area contributed by atoms with Crippen molar-refractivity contribution in [2.24, 2.45) is 11.3 Å². The molecule has 9 heteroatoms. The second kappa shape index (κ2) is 8.64. The van der Waals surface area contributed by atoms with Crippen LogP contribution in [-0.4, -0.2) is 37.6 Å². The van der Waals surface area contributed by atoms with Crippen LogP contribution in [0.25, 0.3) is 5.95 Å². The minimum atomic E-state index is -0.776. The molecule has 2 atom stereocenters. The van der Waals surface area contributed by atoms with Gasteiger partial charge in [-0.1, -0.05) is 27.7 Å². The molecule has 0 bridgehead atoms. The maximum Gasteiger partial charge on any atom is 0.314 e. The second-order valence-electron chi connectivity index (χ2n) is 9.43. The Morgan fingerprint density at radius 1 is 1.26 bits per heavy atom. The van der Waals surface area contributed by atoms with Crippen LogP contribution in [0.15, 0.2) is 10.9 Å². The van der Waals surface area contributed by atoms with E-state index in [0.29, 0.717) is 29.3 Å². The molecular formula is C22H32N6O3. The molecule has 0 saturated heterocycles. The molecule has 2 aromatic heterocycles. The number of carbonyl (C=O) groups is 2. The third kappa shape index (κ3) is 5.21. The lowest BCUT2D eigenvalue weighted by molar-refractivity contribution is -0.137. The molecule has 2 heterocycles. The number of aryl methyl sites for hydroxylation is 2. The monoisotopic (exact) mass is 428 g/mol. The standard InChI is InChI=1S/C22H32N6O3/c1-7-16-14(4)23-21(26-18(16)29)28-17(9-13(3)27-28)25-20(31)19(30)24-15-8-12(2)10-22(5,6)11-15/h9,12,15H,7-8,10-11H2,1-6H3,(H,24,30)(H,25,31)(H,23,26,29). The molecule has 0 aromatic carbocycles. The highest BCUT2D eigenvalue weighted by molar-refractivity contribution is 6.39. The molecule has 31 heavy (non-hydrogen) atoms. The number of aromatic nitrogens is 4. The van der Waals surface area contributed by atoms with Crippen molar-refractivity contribution in [2.45, 2.75) is 73.3 Å². The molecule has 3 N–H and O–H groups in total. The van der Waals surface area contributed by atoms with Crippen LogP contribution in [0, 0.1) is 25.2 Å². The molecule has 0 spiro atoms. The molecule has 168 valence electrons. The molecule has 1 aliphatic rings. The van der Waals surface area contributed by atoms with Gasteiger partial charge in [-0.2, -0.15) is 9.78 Å². The lowest BCUT2D eigenvalue weighted by Gasteiger charge is -2.39. The van der Waals surface area contributed by atoms with Gasteiger partial charge in [-0.25, -0.2) is 4.98 Å². The van der Waals surface area contributed by atoms with Crippen LogP contribution in [0.4, 0.5) is 5.82 Å². The van der Waals surface area contributed by atoms with Crippen LogP contribution in [-0.2, 0) is 16.0 Å². The van der Waals surface area contributed by atoms with Gasteiger partial charge in [0.15, 0.2) is 0 Å². The zero-order chi connectivity index (χ0) is 22.9. The van der Waals surface area contributed by atoms with E-state index in [4.69, 9.17) is 0 Å². The van der Waals surface area contributed by atoms with Crippen LogP contribution in [0.3, 0.4) is 0 Å². The first-order valence-electron chi connectivity index (χ1n) is 10.8. The molecule has 0 aliphatic heterocycles. The minimum Gasteiger partial charge on any atom is -0.345 e. The summed E-state index contributed by atoms with van der Waals surface area (Å²) in [6, 6.07) is 1.59. The summed E-state index contributed by atoms with van der Waals surface area (Å²) in [5.41, 5.74) is 1.68. The van der Waals surface area contributed by atoms with Crippen molar-refractivity contribution < 1.29 is 9.59 Å². The number of nitrogens with zero attached hydrogens (tertiary/aromatic N) is 3. The van der Waals surface area contributed by atoms with E-state index in [0.717, 1.165) is 19.3 Å². The van der Waals surface area contributed by atoms with E-state index >= 15 is 0 Å². The second-order valence-corrected chi connectivity index (χ2v) is 9.43. The molecule has 0 radical (unpaired) electrons. The number of rotatable bonds is 4. The van der Waals surface area contributed by atoms with E-state index < -0.39 is 11.8 Å². The van der Waals surface area contributed by atoms with Crippen molar-refractivity contribution in [2.75, 3.05) is 5.32 Å². The number of hydrogen-bond acceptors (Lipinski definition) is 5. The van der Waals surface area contributed by atoms with Gasteiger partial charge in [-0.15, -0.1) is 0 Å². The fourth-order valence-electron chi connectivity index (χ4n) is 4.74. The van der Waals surface area contributed by atoms with E-state index in [1.165, 1.54) is 4.68 Å². The summed E-state index contributed by atoms with van der Waals surface area (Å²) in [6.45, 7) is 11.9. The highest BCUT2D eigenvalue weighted by Crippen LogP contribution is 2.38. The Balaban J connectivity index is 1.77. The van der Waals surface area contributed by atoms with Gasteiger partial charge >= 0.3 is 11.8 Å².